The van der Waals surface area contributed by atoms with Crippen molar-refractivity contribution in [3.05, 3.63) is 47.0 Å². The lowest BCUT2D eigenvalue weighted by molar-refractivity contribution is -0.112. The Morgan fingerprint density at radius 3 is 1.88 bits per heavy atom. The van der Waals surface area contributed by atoms with Crippen molar-refractivity contribution in [2.45, 2.75) is 64.7 Å². The van der Waals surface area contributed by atoms with Crippen molar-refractivity contribution < 1.29 is 31.8 Å². The molecule has 0 spiro atoms. The standard InChI is InChI=1S/C17H14F4O2.C10H18O/c1-3-23-11-7-5-9-8-4-6-10(22-2)14(18)12(8)16(20)17(21)13(9)15(11)19;1-2-3-9-4-6-10(8-11)7-5-9/h4-7,16-17H,3H2,1-2H3;8-10H,2-7H2,1H3. The van der Waals surface area contributed by atoms with Gasteiger partial charge in [0.15, 0.2) is 35.5 Å². The molecule has 1 saturated carbocycles. The van der Waals surface area contributed by atoms with Crippen LogP contribution in [-0.2, 0) is 4.79 Å². The number of hydrogen-bond acceptors (Lipinski definition) is 3. The molecule has 2 unspecified atom stereocenters. The van der Waals surface area contributed by atoms with Crippen molar-refractivity contribution in [1.29, 1.82) is 0 Å². The Kier molecular flexibility index (Phi) is 8.97. The van der Waals surface area contributed by atoms with E-state index in [-0.39, 0.29) is 29.2 Å². The number of fused-ring (bicyclic) bond motifs is 3. The first kappa shape index (κ1) is 26.0. The Morgan fingerprint density at radius 1 is 0.882 bits per heavy atom. The highest BCUT2D eigenvalue weighted by molar-refractivity contribution is 5.76. The van der Waals surface area contributed by atoms with Crippen molar-refractivity contribution in [2.75, 3.05) is 13.7 Å². The van der Waals surface area contributed by atoms with Crippen LogP contribution < -0.4 is 9.47 Å². The summed E-state index contributed by atoms with van der Waals surface area (Å²) in [6.07, 6.45) is 4.04. The second kappa shape index (κ2) is 11.7. The Morgan fingerprint density at radius 2 is 1.41 bits per heavy atom. The van der Waals surface area contributed by atoms with Crippen molar-refractivity contribution >= 4 is 6.29 Å². The van der Waals surface area contributed by atoms with Gasteiger partial charge < -0.3 is 14.3 Å². The predicted molar refractivity (Wildman–Crippen MR) is 124 cm³/mol. The van der Waals surface area contributed by atoms with Gasteiger partial charge in [0.25, 0.3) is 0 Å². The van der Waals surface area contributed by atoms with E-state index in [4.69, 9.17) is 9.47 Å². The molecule has 2 aromatic rings. The molecular weight excluding hydrogens is 448 g/mol. The molecule has 0 bridgehead atoms. The van der Waals surface area contributed by atoms with Gasteiger partial charge in [0.1, 0.15) is 6.29 Å². The van der Waals surface area contributed by atoms with Crippen LogP contribution in [0.2, 0.25) is 0 Å². The molecule has 0 radical (unpaired) electrons. The zero-order valence-electron chi connectivity index (χ0n) is 19.9. The van der Waals surface area contributed by atoms with Crippen molar-refractivity contribution in [2.24, 2.45) is 11.8 Å². The zero-order valence-corrected chi connectivity index (χ0v) is 19.9. The largest absolute Gasteiger partial charge is 0.494 e. The van der Waals surface area contributed by atoms with Crippen LogP contribution >= 0.6 is 0 Å². The van der Waals surface area contributed by atoms with Gasteiger partial charge in [0, 0.05) is 17.0 Å². The average molecular weight is 481 g/mol. The molecule has 0 heterocycles. The highest BCUT2D eigenvalue weighted by Gasteiger charge is 2.40. The second-order valence-corrected chi connectivity index (χ2v) is 8.82. The fourth-order valence-corrected chi connectivity index (χ4v) is 4.89. The van der Waals surface area contributed by atoms with Crippen LogP contribution in [0.5, 0.6) is 11.5 Å². The van der Waals surface area contributed by atoms with Crippen molar-refractivity contribution in [3.63, 3.8) is 0 Å². The van der Waals surface area contributed by atoms with Crippen LogP contribution in [0.25, 0.3) is 11.1 Å². The highest BCUT2D eigenvalue weighted by atomic mass is 19.2. The number of aldehydes is 1. The van der Waals surface area contributed by atoms with Gasteiger partial charge in [-0.15, -0.1) is 0 Å². The van der Waals surface area contributed by atoms with E-state index < -0.39 is 35.1 Å². The van der Waals surface area contributed by atoms with E-state index in [9.17, 15) is 22.4 Å². The molecule has 2 aromatic carbocycles. The maximum absolute atomic E-state index is 14.5. The molecular formula is C27H32F4O3. The van der Waals surface area contributed by atoms with Gasteiger partial charge in [-0.2, -0.15) is 0 Å². The summed E-state index contributed by atoms with van der Waals surface area (Å²) in [4.78, 5) is 10.4. The second-order valence-electron chi connectivity index (χ2n) is 8.82. The molecule has 0 N–H and O–H groups in total. The highest BCUT2D eigenvalue weighted by Crippen LogP contribution is 2.52. The molecule has 4 rings (SSSR count). The molecule has 2 aliphatic carbocycles. The van der Waals surface area contributed by atoms with Gasteiger partial charge in [-0.3, -0.25) is 0 Å². The summed E-state index contributed by atoms with van der Waals surface area (Å²) in [6.45, 7) is 4.08. The summed E-state index contributed by atoms with van der Waals surface area (Å²) in [5.41, 5.74) is -0.668. The third kappa shape index (κ3) is 5.23. The summed E-state index contributed by atoms with van der Waals surface area (Å²) in [5, 5.41) is 0. The molecule has 3 nitrogen and oxygen atoms in total. The topological polar surface area (TPSA) is 35.5 Å². The Hall–Kier alpha value is -2.57. The zero-order chi connectivity index (χ0) is 24.8. The number of carbonyl (C=O) groups is 1. The number of alkyl halides is 2. The monoisotopic (exact) mass is 480 g/mol. The first-order valence-corrected chi connectivity index (χ1v) is 11.9. The van der Waals surface area contributed by atoms with Gasteiger partial charge in [-0.1, -0.05) is 31.9 Å². The first-order valence-electron chi connectivity index (χ1n) is 11.9. The van der Waals surface area contributed by atoms with Crippen LogP contribution in [0.4, 0.5) is 17.6 Å². The quantitative estimate of drug-likeness (QED) is 0.312. The van der Waals surface area contributed by atoms with E-state index >= 15 is 0 Å². The van der Waals surface area contributed by atoms with Gasteiger partial charge in [0.2, 0.25) is 0 Å². The number of halogens is 4. The number of rotatable bonds is 6. The molecule has 0 aromatic heterocycles. The van der Waals surface area contributed by atoms with Crippen LogP contribution in [-0.4, -0.2) is 20.0 Å². The number of benzene rings is 2. The summed E-state index contributed by atoms with van der Waals surface area (Å²) in [5.74, 6) is -0.951. The van der Waals surface area contributed by atoms with Gasteiger partial charge >= 0.3 is 0 Å². The third-order valence-corrected chi connectivity index (χ3v) is 6.69. The lowest BCUT2D eigenvalue weighted by Gasteiger charge is -2.28. The molecule has 7 heteroatoms. The van der Waals surface area contributed by atoms with Crippen LogP contribution in [0.15, 0.2) is 24.3 Å². The first-order chi connectivity index (χ1) is 16.4. The van der Waals surface area contributed by atoms with Crippen LogP contribution in [0, 0.1) is 23.5 Å². The lowest BCUT2D eigenvalue weighted by atomic mass is 9.81. The number of hydrogen-bond donors (Lipinski definition) is 0. The van der Waals surface area contributed by atoms with Gasteiger partial charge in [-0.05, 0) is 61.8 Å². The van der Waals surface area contributed by atoms with E-state index in [0.717, 1.165) is 25.0 Å². The number of carbonyl (C=O) groups excluding carboxylic acids is 1. The minimum Gasteiger partial charge on any atom is -0.494 e. The average Bonchev–Trinajstić information content (AvgIpc) is 2.85. The molecule has 1 fully saturated rings. The lowest BCUT2D eigenvalue weighted by Crippen LogP contribution is -2.16. The van der Waals surface area contributed by atoms with Crippen LogP contribution in [0.3, 0.4) is 0 Å². The summed E-state index contributed by atoms with van der Waals surface area (Å²) in [7, 11) is 1.23. The van der Waals surface area contributed by atoms with E-state index in [1.165, 1.54) is 57.1 Å². The third-order valence-electron chi connectivity index (χ3n) is 6.69. The smallest absolute Gasteiger partial charge is 0.171 e. The molecule has 2 aliphatic rings. The molecule has 34 heavy (non-hydrogen) atoms. The molecule has 186 valence electrons. The summed E-state index contributed by atoms with van der Waals surface area (Å²) < 4.78 is 67.6. The Balaban J connectivity index is 0.000000248. The van der Waals surface area contributed by atoms with Gasteiger partial charge in [0.05, 0.1) is 13.7 Å². The Labute approximate surface area is 198 Å². The fourth-order valence-electron chi connectivity index (χ4n) is 4.89. The fraction of sp³-hybridized carbons (Fsp3) is 0.519. The van der Waals surface area contributed by atoms with E-state index in [1.807, 2.05) is 0 Å². The predicted octanol–water partition coefficient (Wildman–Crippen LogP) is 7.87. The summed E-state index contributed by atoms with van der Waals surface area (Å²) >= 11 is 0. The van der Waals surface area contributed by atoms with E-state index in [2.05, 4.69) is 6.92 Å². The maximum atomic E-state index is 14.5. The van der Waals surface area contributed by atoms with Gasteiger partial charge in [-0.25, -0.2) is 17.6 Å². The van der Waals surface area contributed by atoms with Crippen molar-refractivity contribution in [1.82, 2.24) is 0 Å². The minimum atomic E-state index is -2.32. The Bertz CT molecular complexity index is 986. The van der Waals surface area contributed by atoms with E-state index in [0.29, 0.717) is 5.92 Å². The number of methoxy groups -OCH3 is 1. The van der Waals surface area contributed by atoms with E-state index in [1.54, 1.807) is 6.92 Å². The normalized spacial score (nSPS) is 23.1. The SMILES string of the molecule is CCCC1CCC(C=O)CC1.CCOc1ccc2c(c1F)C(F)C(F)c1c-2ccc(OC)c1F. The molecule has 0 saturated heterocycles. The summed E-state index contributed by atoms with van der Waals surface area (Å²) in [6, 6.07) is 5.44. The molecule has 0 aliphatic heterocycles. The van der Waals surface area contributed by atoms with Crippen molar-refractivity contribution in [3.8, 4) is 22.6 Å². The molecule has 2 atom stereocenters. The van der Waals surface area contributed by atoms with Crippen LogP contribution in [0.1, 0.15) is 75.8 Å². The minimum absolute atomic E-state index is 0.113. The molecule has 0 amide bonds. The number of ether oxygens (including phenoxy) is 2. The maximum Gasteiger partial charge on any atom is 0.171 e.